The van der Waals surface area contributed by atoms with Gasteiger partial charge in [0.25, 0.3) is 0 Å². The Kier molecular flexibility index (Phi) is 7.05. The van der Waals surface area contributed by atoms with Crippen molar-refractivity contribution in [3.05, 3.63) is 35.4 Å². The molecule has 1 saturated heterocycles. The molecule has 1 fully saturated rings. The van der Waals surface area contributed by atoms with Gasteiger partial charge in [-0.05, 0) is 44.8 Å². The van der Waals surface area contributed by atoms with Crippen LogP contribution in [0.25, 0.3) is 0 Å². The smallest absolute Gasteiger partial charge is 0.229 e. The van der Waals surface area contributed by atoms with E-state index in [0.717, 1.165) is 49.0 Å². The van der Waals surface area contributed by atoms with Crippen molar-refractivity contribution in [2.45, 2.75) is 44.0 Å². The van der Waals surface area contributed by atoms with E-state index in [-0.39, 0.29) is 11.8 Å². The Morgan fingerprint density at radius 3 is 2.69 bits per heavy atom. The number of rotatable bonds is 7. The van der Waals surface area contributed by atoms with E-state index in [9.17, 15) is 4.79 Å². The van der Waals surface area contributed by atoms with Crippen molar-refractivity contribution in [2.24, 2.45) is 5.92 Å². The lowest BCUT2D eigenvalue weighted by Crippen LogP contribution is -2.37. The average Bonchev–Trinajstić information content (AvgIpc) is 3.10. The Bertz CT molecular complexity index is 709. The zero-order chi connectivity index (χ0) is 18.4. The van der Waals surface area contributed by atoms with Crippen molar-refractivity contribution >= 4 is 34.1 Å². The molecule has 140 valence electrons. The second-order valence-corrected chi connectivity index (χ2v) is 9.07. The number of aryl methyl sites for hydroxylation is 1. The van der Waals surface area contributed by atoms with Gasteiger partial charge in [0.15, 0.2) is 4.34 Å². The number of hydrogen-bond acceptors (Lipinski definition) is 6. The summed E-state index contributed by atoms with van der Waals surface area (Å²) in [5.41, 5.74) is 2.63. The van der Waals surface area contributed by atoms with Gasteiger partial charge in [-0.25, -0.2) is 0 Å². The maximum Gasteiger partial charge on any atom is 0.229 e. The first-order valence-electron chi connectivity index (χ1n) is 9.19. The lowest BCUT2D eigenvalue weighted by molar-refractivity contribution is -0.121. The van der Waals surface area contributed by atoms with E-state index in [1.807, 2.05) is 0 Å². The van der Waals surface area contributed by atoms with Crippen LogP contribution in [0.4, 0.5) is 5.13 Å². The lowest BCUT2D eigenvalue weighted by atomic mass is 9.95. The number of benzene rings is 1. The molecule has 3 rings (SSSR count). The van der Waals surface area contributed by atoms with Gasteiger partial charge in [-0.2, -0.15) is 0 Å². The monoisotopic (exact) mass is 390 g/mol. The molecule has 7 heteroatoms. The SMILES string of the molecule is CCCSc1nnc(NC(=O)C2CCN(Cc3ccc(C)cc3)CC2)s1. The Morgan fingerprint density at radius 2 is 2.00 bits per heavy atom. The Labute approximate surface area is 163 Å². The highest BCUT2D eigenvalue weighted by Crippen LogP contribution is 2.27. The van der Waals surface area contributed by atoms with Crippen LogP contribution in [0.5, 0.6) is 0 Å². The van der Waals surface area contributed by atoms with Crippen molar-refractivity contribution in [3.8, 4) is 0 Å². The van der Waals surface area contributed by atoms with Crippen LogP contribution >= 0.6 is 23.1 Å². The third-order valence-electron chi connectivity index (χ3n) is 4.55. The first-order chi connectivity index (χ1) is 12.6. The number of anilines is 1. The van der Waals surface area contributed by atoms with Crippen molar-refractivity contribution in [2.75, 3.05) is 24.2 Å². The predicted molar refractivity (Wildman–Crippen MR) is 109 cm³/mol. The van der Waals surface area contributed by atoms with Crippen LogP contribution in [0.15, 0.2) is 28.6 Å². The lowest BCUT2D eigenvalue weighted by Gasteiger charge is -2.31. The second-order valence-electron chi connectivity index (χ2n) is 6.75. The molecule has 0 saturated carbocycles. The van der Waals surface area contributed by atoms with Crippen LogP contribution in [-0.4, -0.2) is 39.8 Å². The molecule has 0 spiro atoms. The molecule has 1 N–H and O–H groups in total. The number of piperidine rings is 1. The fourth-order valence-electron chi connectivity index (χ4n) is 3.02. The van der Waals surface area contributed by atoms with E-state index < -0.39 is 0 Å². The summed E-state index contributed by atoms with van der Waals surface area (Å²) in [5, 5.41) is 11.8. The van der Waals surface area contributed by atoms with Crippen LogP contribution in [0.2, 0.25) is 0 Å². The first kappa shape index (κ1) is 19.3. The molecular formula is C19H26N4OS2. The second kappa shape index (κ2) is 9.48. The van der Waals surface area contributed by atoms with Gasteiger partial charge in [0.05, 0.1) is 0 Å². The Hall–Kier alpha value is -1.44. The summed E-state index contributed by atoms with van der Waals surface area (Å²) in [5.74, 6) is 1.19. The number of hydrogen-bond donors (Lipinski definition) is 1. The highest BCUT2D eigenvalue weighted by molar-refractivity contribution is 8.01. The highest BCUT2D eigenvalue weighted by atomic mass is 32.2. The molecular weight excluding hydrogens is 364 g/mol. The van der Waals surface area contributed by atoms with Crippen LogP contribution < -0.4 is 5.32 Å². The van der Waals surface area contributed by atoms with Crippen LogP contribution in [0, 0.1) is 12.8 Å². The molecule has 1 aromatic carbocycles. The van der Waals surface area contributed by atoms with Gasteiger partial charge in [-0.3, -0.25) is 9.69 Å². The predicted octanol–water partition coefficient (Wildman–Crippen LogP) is 4.20. The molecule has 2 aromatic rings. The van der Waals surface area contributed by atoms with E-state index in [4.69, 9.17) is 0 Å². The molecule has 0 radical (unpaired) electrons. The van der Waals surface area contributed by atoms with E-state index in [2.05, 4.69) is 58.5 Å². The summed E-state index contributed by atoms with van der Waals surface area (Å²) in [7, 11) is 0. The quantitative estimate of drug-likeness (QED) is 0.567. The maximum absolute atomic E-state index is 12.5. The number of likely N-dealkylation sites (tertiary alicyclic amines) is 1. The zero-order valence-corrected chi connectivity index (χ0v) is 17.0. The zero-order valence-electron chi connectivity index (χ0n) is 15.4. The number of nitrogens with zero attached hydrogens (tertiary/aromatic N) is 3. The van der Waals surface area contributed by atoms with Crippen molar-refractivity contribution < 1.29 is 4.79 Å². The largest absolute Gasteiger partial charge is 0.300 e. The van der Waals surface area contributed by atoms with Gasteiger partial charge in [0, 0.05) is 18.2 Å². The van der Waals surface area contributed by atoms with E-state index in [1.165, 1.54) is 22.5 Å². The summed E-state index contributed by atoms with van der Waals surface area (Å²) in [6.45, 7) is 7.13. The molecule has 0 atom stereocenters. The summed E-state index contributed by atoms with van der Waals surface area (Å²) >= 11 is 3.16. The number of carbonyl (C=O) groups excluding carboxylic acids is 1. The number of nitrogens with one attached hydrogen (secondary N) is 1. The fraction of sp³-hybridized carbons (Fsp3) is 0.526. The minimum absolute atomic E-state index is 0.0694. The fourth-order valence-corrected chi connectivity index (χ4v) is 4.70. The van der Waals surface area contributed by atoms with Crippen molar-refractivity contribution in [1.82, 2.24) is 15.1 Å². The molecule has 0 aliphatic carbocycles. The maximum atomic E-state index is 12.5. The average molecular weight is 391 g/mol. The van der Waals surface area contributed by atoms with Gasteiger partial charge in [0.1, 0.15) is 0 Å². The summed E-state index contributed by atoms with van der Waals surface area (Å²) in [6.07, 6.45) is 2.90. The van der Waals surface area contributed by atoms with Gasteiger partial charge in [-0.1, -0.05) is 59.9 Å². The Balaban J connectivity index is 1.44. The molecule has 5 nitrogen and oxygen atoms in total. The van der Waals surface area contributed by atoms with Crippen molar-refractivity contribution in [3.63, 3.8) is 0 Å². The number of aromatic nitrogens is 2. The van der Waals surface area contributed by atoms with Gasteiger partial charge in [0.2, 0.25) is 11.0 Å². The molecule has 0 bridgehead atoms. The molecule has 2 heterocycles. The molecule has 1 aromatic heterocycles. The van der Waals surface area contributed by atoms with Crippen molar-refractivity contribution in [1.29, 1.82) is 0 Å². The highest BCUT2D eigenvalue weighted by Gasteiger charge is 2.25. The van der Waals surface area contributed by atoms with E-state index in [1.54, 1.807) is 11.8 Å². The number of amides is 1. The Morgan fingerprint density at radius 1 is 1.27 bits per heavy atom. The topological polar surface area (TPSA) is 58.1 Å². The summed E-state index contributed by atoms with van der Waals surface area (Å²) in [6, 6.07) is 8.70. The standard InChI is InChI=1S/C19H26N4OS2/c1-3-12-25-19-22-21-18(26-19)20-17(24)16-8-10-23(11-9-16)13-15-6-4-14(2)5-7-15/h4-7,16H,3,8-13H2,1-2H3,(H,20,21,24). The molecule has 1 amide bonds. The molecule has 0 unspecified atom stereocenters. The van der Waals surface area contributed by atoms with E-state index >= 15 is 0 Å². The third kappa shape index (κ3) is 5.53. The molecule has 1 aliphatic rings. The normalized spacial score (nSPS) is 15.9. The summed E-state index contributed by atoms with van der Waals surface area (Å²) < 4.78 is 0.926. The minimum atomic E-state index is 0.0694. The number of thioether (sulfide) groups is 1. The van der Waals surface area contributed by atoms with Crippen LogP contribution in [0.3, 0.4) is 0 Å². The third-order valence-corrected chi connectivity index (χ3v) is 6.73. The molecule has 26 heavy (non-hydrogen) atoms. The molecule has 1 aliphatic heterocycles. The minimum Gasteiger partial charge on any atom is -0.300 e. The van der Waals surface area contributed by atoms with Gasteiger partial charge >= 0.3 is 0 Å². The van der Waals surface area contributed by atoms with Crippen LogP contribution in [0.1, 0.15) is 37.3 Å². The summed E-state index contributed by atoms with van der Waals surface area (Å²) in [4.78, 5) is 14.9. The first-order valence-corrected chi connectivity index (χ1v) is 11.0. The van der Waals surface area contributed by atoms with Gasteiger partial charge < -0.3 is 5.32 Å². The van der Waals surface area contributed by atoms with Gasteiger partial charge in [-0.15, -0.1) is 10.2 Å². The number of carbonyl (C=O) groups is 1. The van der Waals surface area contributed by atoms with Crippen LogP contribution in [-0.2, 0) is 11.3 Å². The van der Waals surface area contributed by atoms with E-state index in [0.29, 0.717) is 5.13 Å².